The number of halogens is 6. The van der Waals surface area contributed by atoms with E-state index in [1.54, 1.807) is 0 Å². The van der Waals surface area contributed by atoms with Gasteiger partial charge in [0, 0.05) is 18.2 Å². The second kappa shape index (κ2) is 5.54. The van der Waals surface area contributed by atoms with Gasteiger partial charge in [-0.1, -0.05) is 0 Å². The third-order valence-corrected chi connectivity index (χ3v) is 2.14. The minimum absolute atomic E-state index is 0.108. The van der Waals surface area contributed by atoms with Crippen molar-refractivity contribution >= 4 is 0 Å². The van der Waals surface area contributed by atoms with Crippen LogP contribution in [-0.4, -0.2) is 11.3 Å². The number of nitrogens with two attached hydrogens (primary N) is 1. The number of nitrogens with zero attached hydrogens (tertiary/aromatic N) is 2. The Labute approximate surface area is 108 Å². The molecule has 20 heavy (non-hydrogen) atoms. The third kappa shape index (κ3) is 3.99. The number of rotatable bonds is 3. The fourth-order valence-electron chi connectivity index (χ4n) is 1.40. The summed E-state index contributed by atoms with van der Waals surface area (Å²) >= 11 is 0. The highest BCUT2D eigenvalue weighted by Crippen LogP contribution is 2.35. The molecule has 4 nitrogen and oxygen atoms in total. The van der Waals surface area contributed by atoms with Gasteiger partial charge in [0.15, 0.2) is 0 Å². The standard InChI is InChI=1S/C10H7F6N3O/c11-9(12,13)8-3-7(20-10(14,15)16)5(4-18)6(19-8)1-2-17/h3H,1,4,18H2. The topological polar surface area (TPSA) is 71.9 Å². The molecular formula is C10H7F6N3O. The van der Waals surface area contributed by atoms with Gasteiger partial charge >= 0.3 is 12.5 Å². The average molecular weight is 299 g/mol. The molecule has 1 rings (SSSR count). The normalized spacial score (nSPS) is 12.1. The Morgan fingerprint density at radius 1 is 1.25 bits per heavy atom. The van der Waals surface area contributed by atoms with Crippen molar-refractivity contribution in [2.45, 2.75) is 25.5 Å². The maximum atomic E-state index is 12.5. The average Bonchev–Trinajstić information content (AvgIpc) is 2.25. The summed E-state index contributed by atoms with van der Waals surface area (Å²) in [5.74, 6) is -1.10. The molecule has 0 aliphatic carbocycles. The molecule has 0 amide bonds. The van der Waals surface area contributed by atoms with Crippen molar-refractivity contribution in [1.82, 2.24) is 4.98 Å². The van der Waals surface area contributed by atoms with Crippen molar-refractivity contribution in [1.29, 1.82) is 5.26 Å². The van der Waals surface area contributed by atoms with Crippen molar-refractivity contribution in [2.24, 2.45) is 5.73 Å². The van der Waals surface area contributed by atoms with E-state index in [4.69, 9.17) is 11.0 Å². The molecule has 1 aromatic rings. The molecule has 1 heterocycles. The molecule has 0 aliphatic heterocycles. The number of alkyl halides is 6. The zero-order valence-corrected chi connectivity index (χ0v) is 9.64. The monoisotopic (exact) mass is 299 g/mol. The van der Waals surface area contributed by atoms with Gasteiger partial charge in [-0.25, -0.2) is 4.98 Å². The van der Waals surface area contributed by atoms with E-state index in [9.17, 15) is 26.3 Å². The van der Waals surface area contributed by atoms with Gasteiger partial charge in [-0.15, -0.1) is 13.2 Å². The number of nitriles is 1. The van der Waals surface area contributed by atoms with Crippen LogP contribution < -0.4 is 10.5 Å². The first kappa shape index (κ1) is 16.0. The molecule has 0 radical (unpaired) electrons. The summed E-state index contributed by atoms with van der Waals surface area (Å²) < 4.78 is 77.7. The molecule has 0 aromatic carbocycles. The molecule has 0 bridgehead atoms. The Morgan fingerprint density at radius 3 is 2.25 bits per heavy atom. The third-order valence-electron chi connectivity index (χ3n) is 2.14. The van der Waals surface area contributed by atoms with E-state index in [0.29, 0.717) is 0 Å². The molecular weight excluding hydrogens is 292 g/mol. The maximum Gasteiger partial charge on any atom is 0.573 e. The van der Waals surface area contributed by atoms with Crippen molar-refractivity contribution in [3.05, 3.63) is 23.0 Å². The Morgan fingerprint density at radius 2 is 1.85 bits per heavy atom. The van der Waals surface area contributed by atoms with Gasteiger partial charge in [-0.05, 0) is 0 Å². The van der Waals surface area contributed by atoms with Crippen LogP contribution in [0.25, 0.3) is 0 Å². The molecule has 0 fully saturated rings. The fraction of sp³-hybridized carbons (Fsp3) is 0.400. The highest BCUT2D eigenvalue weighted by atomic mass is 19.4. The first-order chi connectivity index (χ1) is 9.08. The van der Waals surface area contributed by atoms with Crippen LogP contribution in [0.15, 0.2) is 6.07 Å². The lowest BCUT2D eigenvalue weighted by molar-refractivity contribution is -0.275. The Kier molecular flexibility index (Phi) is 4.44. The zero-order chi connectivity index (χ0) is 15.6. The number of aromatic nitrogens is 1. The number of pyridine rings is 1. The van der Waals surface area contributed by atoms with E-state index in [-0.39, 0.29) is 6.07 Å². The molecule has 0 aliphatic rings. The summed E-state index contributed by atoms with van der Waals surface area (Å²) in [7, 11) is 0. The summed E-state index contributed by atoms with van der Waals surface area (Å²) in [4.78, 5) is 3.12. The van der Waals surface area contributed by atoms with E-state index in [2.05, 4.69) is 9.72 Å². The van der Waals surface area contributed by atoms with Gasteiger partial charge in [-0.2, -0.15) is 18.4 Å². The Balaban J connectivity index is 3.46. The van der Waals surface area contributed by atoms with Crippen LogP contribution in [0.3, 0.4) is 0 Å². The lowest BCUT2D eigenvalue weighted by atomic mass is 10.1. The summed E-state index contributed by atoms with van der Waals surface area (Å²) in [5, 5.41) is 8.48. The summed E-state index contributed by atoms with van der Waals surface area (Å²) in [6.45, 7) is -0.548. The summed E-state index contributed by atoms with van der Waals surface area (Å²) in [6.07, 6.45) is -10.8. The van der Waals surface area contributed by atoms with Crippen molar-refractivity contribution in [3.8, 4) is 11.8 Å². The molecule has 2 N–H and O–H groups in total. The SMILES string of the molecule is N#CCc1nc(C(F)(F)F)cc(OC(F)(F)F)c1CN. The van der Waals surface area contributed by atoms with Crippen molar-refractivity contribution in [2.75, 3.05) is 0 Å². The lowest BCUT2D eigenvalue weighted by Gasteiger charge is -2.17. The Hall–Kier alpha value is -2.02. The van der Waals surface area contributed by atoms with Gasteiger partial charge in [0.25, 0.3) is 0 Å². The van der Waals surface area contributed by atoms with Gasteiger partial charge in [0.2, 0.25) is 0 Å². The summed E-state index contributed by atoms with van der Waals surface area (Å²) in [5.41, 5.74) is 2.71. The number of hydrogen-bond donors (Lipinski definition) is 1. The molecule has 1 aromatic heterocycles. The predicted octanol–water partition coefficient (Wildman–Crippen LogP) is 2.52. The lowest BCUT2D eigenvalue weighted by Crippen LogP contribution is -2.21. The molecule has 110 valence electrons. The Bertz CT molecular complexity index is 532. The van der Waals surface area contributed by atoms with Crippen LogP contribution in [0, 0.1) is 11.3 Å². The molecule has 0 spiro atoms. The van der Waals surface area contributed by atoms with Crippen molar-refractivity contribution in [3.63, 3.8) is 0 Å². The molecule has 0 unspecified atom stereocenters. The minimum atomic E-state index is -5.18. The van der Waals surface area contributed by atoms with E-state index in [0.717, 1.165) is 0 Å². The molecule has 0 saturated carbocycles. The second-order valence-corrected chi connectivity index (χ2v) is 3.52. The second-order valence-electron chi connectivity index (χ2n) is 3.52. The summed E-state index contributed by atoms with van der Waals surface area (Å²) in [6, 6.07) is 1.61. The van der Waals surface area contributed by atoms with Crippen LogP contribution in [-0.2, 0) is 19.1 Å². The highest BCUT2D eigenvalue weighted by molar-refractivity contribution is 5.40. The van der Waals surface area contributed by atoms with E-state index < -0.39 is 48.2 Å². The van der Waals surface area contributed by atoms with E-state index >= 15 is 0 Å². The van der Waals surface area contributed by atoms with Crippen LogP contribution >= 0.6 is 0 Å². The highest BCUT2D eigenvalue weighted by Gasteiger charge is 2.37. The van der Waals surface area contributed by atoms with Gasteiger partial charge in [0.1, 0.15) is 11.4 Å². The first-order valence-corrected chi connectivity index (χ1v) is 5.01. The fourth-order valence-corrected chi connectivity index (χ4v) is 1.40. The van der Waals surface area contributed by atoms with Gasteiger partial charge < -0.3 is 10.5 Å². The van der Waals surface area contributed by atoms with Crippen LogP contribution in [0.1, 0.15) is 17.0 Å². The van der Waals surface area contributed by atoms with Crippen LogP contribution in [0.4, 0.5) is 26.3 Å². The maximum absolute atomic E-state index is 12.5. The largest absolute Gasteiger partial charge is 0.573 e. The zero-order valence-electron chi connectivity index (χ0n) is 9.64. The van der Waals surface area contributed by atoms with Gasteiger partial charge in [-0.3, -0.25) is 0 Å². The van der Waals surface area contributed by atoms with Gasteiger partial charge in [0.05, 0.1) is 18.2 Å². The molecule has 0 atom stereocenters. The van der Waals surface area contributed by atoms with Crippen LogP contribution in [0.2, 0.25) is 0 Å². The molecule has 0 saturated heterocycles. The van der Waals surface area contributed by atoms with Crippen molar-refractivity contribution < 1.29 is 31.1 Å². The predicted molar refractivity (Wildman–Crippen MR) is 53.1 cm³/mol. The van der Waals surface area contributed by atoms with E-state index in [1.807, 2.05) is 0 Å². The smallest absolute Gasteiger partial charge is 0.405 e. The van der Waals surface area contributed by atoms with Crippen LogP contribution in [0.5, 0.6) is 5.75 Å². The van der Waals surface area contributed by atoms with E-state index in [1.165, 1.54) is 6.07 Å². The number of hydrogen-bond acceptors (Lipinski definition) is 4. The quantitative estimate of drug-likeness (QED) is 0.870. The first-order valence-electron chi connectivity index (χ1n) is 5.01. The minimum Gasteiger partial charge on any atom is -0.405 e. The number of ether oxygens (including phenoxy) is 1. The molecule has 10 heteroatoms.